The molecule has 4 nitrogen and oxygen atoms in total. The van der Waals surface area contributed by atoms with Crippen molar-refractivity contribution in [1.82, 2.24) is 4.37 Å². The van der Waals surface area contributed by atoms with Gasteiger partial charge in [0.1, 0.15) is 16.3 Å². The van der Waals surface area contributed by atoms with E-state index in [1.807, 2.05) is 6.07 Å². The number of furan rings is 1. The van der Waals surface area contributed by atoms with Crippen molar-refractivity contribution < 1.29 is 13.2 Å². The Morgan fingerprint density at radius 1 is 1.55 bits per heavy atom. The van der Waals surface area contributed by atoms with Crippen LogP contribution in [-0.4, -0.2) is 10.4 Å². The quantitative estimate of drug-likeness (QED) is 0.692. The van der Waals surface area contributed by atoms with Gasteiger partial charge < -0.3 is 15.5 Å². The van der Waals surface area contributed by atoms with Crippen molar-refractivity contribution in [1.29, 1.82) is 0 Å². The predicted molar refractivity (Wildman–Crippen MR) is 86.1 cm³/mol. The van der Waals surface area contributed by atoms with E-state index in [2.05, 4.69) is 9.69 Å². The van der Waals surface area contributed by atoms with E-state index in [9.17, 15) is 8.78 Å². The predicted octanol–water partition coefficient (Wildman–Crippen LogP) is 4.66. The van der Waals surface area contributed by atoms with E-state index in [1.54, 1.807) is 12.3 Å². The molecule has 0 aliphatic heterocycles. The molecule has 1 atom stereocenters. The number of nitrogens with one attached hydrogen (secondary N) is 1. The van der Waals surface area contributed by atoms with Crippen LogP contribution in [0.1, 0.15) is 17.6 Å². The molecule has 0 spiro atoms. The van der Waals surface area contributed by atoms with E-state index in [4.69, 9.17) is 21.8 Å². The number of aromatic nitrogens is 1. The summed E-state index contributed by atoms with van der Waals surface area (Å²) in [5.41, 5.74) is 5.76. The smallest absolute Gasteiger partial charge is 0.298 e. The SMILES string of the molecule is C[C@H](N)C(F)(F)c1sc2c(NCc3ccco3)snc2c1Cl. The van der Waals surface area contributed by atoms with Crippen LogP contribution in [0.15, 0.2) is 22.8 Å². The third kappa shape index (κ3) is 2.60. The van der Waals surface area contributed by atoms with Crippen LogP contribution in [0.25, 0.3) is 10.2 Å². The molecule has 3 N–H and O–H groups in total. The molecule has 0 bridgehead atoms. The number of rotatable bonds is 5. The van der Waals surface area contributed by atoms with Crippen LogP contribution >= 0.6 is 34.5 Å². The maximum Gasteiger partial charge on any atom is 0.298 e. The van der Waals surface area contributed by atoms with Crippen LogP contribution in [0, 0.1) is 0 Å². The van der Waals surface area contributed by atoms with Crippen LogP contribution in [0.4, 0.5) is 13.8 Å². The zero-order valence-electron chi connectivity index (χ0n) is 11.4. The number of hydrogen-bond acceptors (Lipinski definition) is 6. The van der Waals surface area contributed by atoms with Crippen molar-refractivity contribution in [2.75, 3.05) is 5.32 Å². The van der Waals surface area contributed by atoms with Gasteiger partial charge in [-0.05, 0) is 30.6 Å². The number of alkyl halides is 2. The lowest BCUT2D eigenvalue weighted by Crippen LogP contribution is -2.35. The monoisotopic (exact) mass is 363 g/mol. The Bertz CT molecular complexity index is 783. The molecule has 0 amide bonds. The standard InChI is InChI=1S/C13H12ClF2N3OS2/c1-6(17)13(15,16)11-8(14)9-10(21-11)12(22-19-9)18-5-7-3-2-4-20-7/h2-4,6,18H,5,17H2,1H3/t6-/m0/s1. The lowest BCUT2D eigenvalue weighted by molar-refractivity contribution is -0.0217. The van der Waals surface area contributed by atoms with Gasteiger partial charge >= 0.3 is 0 Å². The van der Waals surface area contributed by atoms with Crippen molar-refractivity contribution in [2.45, 2.75) is 25.4 Å². The molecule has 22 heavy (non-hydrogen) atoms. The van der Waals surface area contributed by atoms with Crippen molar-refractivity contribution in [2.24, 2.45) is 5.73 Å². The van der Waals surface area contributed by atoms with Crippen molar-refractivity contribution in [3.63, 3.8) is 0 Å². The van der Waals surface area contributed by atoms with Gasteiger partial charge in [0.05, 0.1) is 33.4 Å². The van der Waals surface area contributed by atoms with Gasteiger partial charge in [0.25, 0.3) is 5.92 Å². The van der Waals surface area contributed by atoms with Gasteiger partial charge in [-0.25, -0.2) is 0 Å². The van der Waals surface area contributed by atoms with Gasteiger partial charge in [-0.1, -0.05) is 11.6 Å². The first kappa shape index (κ1) is 15.7. The summed E-state index contributed by atoms with van der Waals surface area (Å²) in [6, 6.07) is 2.28. The number of halogens is 3. The molecular formula is C13H12ClF2N3OS2. The second-order valence-corrected chi connectivity index (χ2v) is 6.95. The highest BCUT2D eigenvalue weighted by atomic mass is 35.5. The van der Waals surface area contributed by atoms with Crippen molar-refractivity contribution in [3.8, 4) is 0 Å². The lowest BCUT2D eigenvalue weighted by atomic mass is 10.1. The largest absolute Gasteiger partial charge is 0.467 e. The zero-order valence-corrected chi connectivity index (χ0v) is 13.8. The van der Waals surface area contributed by atoms with Gasteiger partial charge in [-0.3, -0.25) is 0 Å². The number of fused-ring (bicyclic) bond motifs is 1. The number of thiophene rings is 1. The molecule has 0 aromatic carbocycles. The Kier molecular flexibility index (Phi) is 4.11. The molecule has 118 valence electrons. The van der Waals surface area contributed by atoms with Crippen LogP contribution in [-0.2, 0) is 12.5 Å². The minimum atomic E-state index is -3.18. The molecule has 0 radical (unpaired) electrons. The van der Waals surface area contributed by atoms with Gasteiger partial charge in [-0.2, -0.15) is 13.2 Å². The molecular weight excluding hydrogens is 352 g/mol. The fourth-order valence-corrected chi connectivity index (χ4v) is 4.47. The van der Waals surface area contributed by atoms with E-state index < -0.39 is 12.0 Å². The summed E-state index contributed by atoms with van der Waals surface area (Å²) >= 11 is 8.17. The Balaban J connectivity index is 1.94. The molecule has 0 aliphatic carbocycles. The summed E-state index contributed by atoms with van der Waals surface area (Å²) in [7, 11) is 0. The average Bonchev–Trinajstić information content (AvgIpc) is 3.15. The van der Waals surface area contributed by atoms with E-state index in [-0.39, 0.29) is 9.90 Å². The fraction of sp³-hybridized carbons (Fsp3) is 0.308. The molecule has 0 saturated carbocycles. The molecule has 3 heterocycles. The summed E-state index contributed by atoms with van der Waals surface area (Å²) in [4.78, 5) is -0.240. The molecule has 3 aromatic heterocycles. The molecule has 0 unspecified atom stereocenters. The summed E-state index contributed by atoms with van der Waals surface area (Å²) in [5, 5.41) is 3.79. The van der Waals surface area contributed by atoms with Gasteiger partial charge in [-0.15, -0.1) is 11.3 Å². The molecule has 0 fully saturated rings. The second-order valence-electron chi connectivity index (χ2n) is 4.78. The highest BCUT2D eigenvalue weighted by Crippen LogP contribution is 2.48. The van der Waals surface area contributed by atoms with Crippen LogP contribution in [0.5, 0.6) is 0 Å². The summed E-state index contributed by atoms with van der Waals surface area (Å²) in [6.07, 6.45) is 1.57. The lowest BCUT2D eigenvalue weighted by Gasteiger charge is -2.18. The van der Waals surface area contributed by atoms with Crippen molar-refractivity contribution in [3.05, 3.63) is 34.1 Å². The van der Waals surface area contributed by atoms with Crippen LogP contribution in [0.2, 0.25) is 5.02 Å². The molecule has 3 aromatic rings. The number of anilines is 1. The van der Waals surface area contributed by atoms with E-state index in [1.165, 1.54) is 18.5 Å². The Hall–Kier alpha value is -1.22. The Morgan fingerprint density at radius 3 is 2.95 bits per heavy atom. The average molecular weight is 364 g/mol. The van der Waals surface area contributed by atoms with Crippen LogP contribution in [0.3, 0.4) is 0 Å². The Morgan fingerprint density at radius 2 is 2.32 bits per heavy atom. The third-order valence-corrected chi connectivity index (χ3v) is 5.83. The van der Waals surface area contributed by atoms with E-state index >= 15 is 0 Å². The van der Waals surface area contributed by atoms with Gasteiger partial charge in [0, 0.05) is 0 Å². The minimum Gasteiger partial charge on any atom is -0.467 e. The second kappa shape index (κ2) is 5.77. The molecule has 0 saturated heterocycles. The summed E-state index contributed by atoms with van der Waals surface area (Å²) in [5.74, 6) is -2.44. The first-order chi connectivity index (χ1) is 10.4. The first-order valence-corrected chi connectivity index (χ1v) is 8.35. The van der Waals surface area contributed by atoms with Gasteiger partial charge in [0.15, 0.2) is 0 Å². The fourth-order valence-electron chi connectivity index (χ4n) is 1.88. The highest BCUT2D eigenvalue weighted by Gasteiger charge is 2.41. The normalized spacial score (nSPS) is 13.7. The molecule has 9 heteroatoms. The number of nitrogens with zero attached hydrogens (tertiary/aromatic N) is 1. The van der Waals surface area contributed by atoms with Crippen LogP contribution < -0.4 is 11.1 Å². The molecule has 0 aliphatic rings. The minimum absolute atomic E-state index is 0.0235. The maximum atomic E-state index is 14.1. The third-order valence-electron chi connectivity index (χ3n) is 3.14. The zero-order chi connectivity index (χ0) is 15.9. The highest BCUT2D eigenvalue weighted by molar-refractivity contribution is 7.25. The van der Waals surface area contributed by atoms with E-state index in [0.717, 1.165) is 17.1 Å². The topological polar surface area (TPSA) is 64.1 Å². The van der Waals surface area contributed by atoms with E-state index in [0.29, 0.717) is 21.8 Å². The van der Waals surface area contributed by atoms with Gasteiger partial charge in [0.2, 0.25) is 0 Å². The molecule has 3 rings (SSSR count). The maximum absolute atomic E-state index is 14.1. The number of nitrogens with two attached hydrogens (primary N) is 1. The number of hydrogen-bond donors (Lipinski definition) is 2. The Labute approximate surface area is 138 Å². The van der Waals surface area contributed by atoms with Crippen molar-refractivity contribution >= 4 is 49.7 Å². The summed E-state index contributed by atoms with van der Waals surface area (Å²) in [6.45, 7) is 1.70. The summed E-state index contributed by atoms with van der Waals surface area (Å²) < 4.78 is 38.3. The first-order valence-electron chi connectivity index (χ1n) is 6.39.